The summed E-state index contributed by atoms with van der Waals surface area (Å²) in [5, 5.41) is 2.89. The zero-order valence-electron chi connectivity index (χ0n) is 14.6. The first kappa shape index (κ1) is 18.6. The van der Waals surface area contributed by atoms with Crippen LogP contribution < -0.4 is 20.2 Å². The summed E-state index contributed by atoms with van der Waals surface area (Å²) in [6.07, 6.45) is 0. The Morgan fingerprint density at radius 3 is 1.35 bits per heavy atom. The molecule has 0 aliphatic heterocycles. The Balaban J connectivity index is 2.73. The molecular weight excluding hydrogens is 432 g/mol. The van der Waals surface area contributed by atoms with Crippen molar-refractivity contribution in [2.75, 3.05) is 38.0 Å². The van der Waals surface area contributed by atoms with Crippen molar-refractivity contribution in [2.24, 2.45) is 0 Å². The molecule has 0 bridgehead atoms. The molecule has 0 saturated heterocycles. The van der Waals surface area contributed by atoms with E-state index in [0.717, 1.165) is 8.95 Å². The second-order valence-corrected chi connectivity index (χ2v) is 12.9. The van der Waals surface area contributed by atoms with E-state index >= 15 is 0 Å². The van der Waals surface area contributed by atoms with E-state index in [1.54, 1.807) is 0 Å². The summed E-state index contributed by atoms with van der Waals surface area (Å²) < 4.78 is 2.28. The van der Waals surface area contributed by atoms with E-state index < -0.39 is 8.07 Å². The van der Waals surface area contributed by atoms with Crippen molar-refractivity contribution < 1.29 is 0 Å². The zero-order chi connectivity index (χ0) is 17.4. The highest BCUT2D eigenvalue weighted by atomic mass is 79.9. The topological polar surface area (TPSA) is 6.48 Å². The smallest absolute Gasteiger partial charge is 0.117 e. The zero-order valence-corrected chi connectivity index (χ0v) is 18.8. The lowest BCUT2D eigenvalue weighted by Crippen LogP contribution is -2.55. The lowest BCUT2D eigenvalue weighted by Gasteiger charge is -2.32. The molecule has 23 heavy (non-hydrogen) atoms. The summed E-state index contributed by atoms with van der Waals surface area (Å²) in [6.45, 7) is 4.85. The molecule has 0 aliphatic rings. The van der Waals surface area contributed by atoms with Gasteiger partial charge >= 0.3 is 0 Å². The number of nitrogens with zero attached hydrogens (tertiary/aromatic N) is 2. The fraction of sp³-hybridized carbons (Fsp3) is 0.333. The number of anilines is 2. The van der Waals surface area contributed by atoms with Crippen molar-refractivity contribution in [1.29, 1.82) is 0 Å². The Labute approximate surface area is 157 Å². The fourth-order valence-corrected chi connectivity index (χ4v) is 7.30. The number of halogens is 2. The van der Waals surface area contributed by atoms with E-state index in [0.29, 0.717) is 0 Å². The third-order valence-corrected chi connectivity index (χ3v) is 8.71. The highest BCUT2D eigenvalue weighted by Gasteiger charge is 2.32. The normalized spacial score (nSPS) is 11.5. The Morgan fingerprint density at radius 1 is 0.696 bits per heavy atom. The highest BCUT2D eigenvalue weighted by molar-refractivity contribution is 9.10. The van der Waals surface area contributed by atoms with Crippen LogP contribution in [0.1, 0.15) is 0 Å². The van der Waals surface area contributed by atoms with Gasteiger partial charge in [0.2, 0.25) is 0 Å². The van der Waals surface area contributed by atoms with Crippen molar-refractivity contribution in [3.05, 3.63) is 45.3 Å². The number of hydrogen-bond donors (Lipinski definition) is 0. The number of hydrogen-bond acceptors (Lipinski definition) is 2. The lowest BCUT2D eigenvalue weighted by atomic mass is 10.3. The van der Waals surface area contributed by atoms with Crippen molar-refractivity contribution in [3.8, 4) is 0 Å². The average Bonchev–Trinajstić information content (AvgIpc) is 2.46. The molecule has 0 amide bonds. The predicted octanol–water partition coefficient (Wildman–Crippen LogP) is 4.17. The first-order chi connectivity index (χ1) is 10.6. The van der Waals surface area contributed by atoms with Crippen LogP contribution in [0.5, 0.6) is 0 Å². The van der Waals surface area contributed by atoms with Gasteiger partial charge in [-0.15, -0.1) is 0 Å². The molecule has 0 N–H and O–H groups in total. The van der Waals surface area contributed by atoms with Gasteiger partial charge in [0.05, 0.1) is 0 Å². The summed E-state index contributed by atoms with van der Waals surface area (Å²) in [5.41, 5.74) is 2.60. The van der Waals surface area contributed by atoms with Gasteiger partial charge < -0.3 is 9.80 Å². The van der Waals surface area contributed by atoms with Crippen LogP contribution in [0.4, 0.5) is 11.4 Å². The van der Waals surface area contributed by atoms with Crippen LogP contribution in [0.2, 0.25) is 13.1 Å². The van der Waals surface area contributed by atoms with Crippen LogP contribution in [0.25, 0.3) is 0 Å². The Morgan fingerprint density at radius 2 is 1.04 bits per heavy atom. The van der Waals surface area contributed by atoms with Crippen molar-refractivity contribution in [2.45, 2.75) is 13.1 Å². The van der Waals surface area contributed by atoms with Gasteiger partial charge in [-0.05, 0) is 46.8 Å². The van der Waals surface area contributed by atoms with Gasteiger partial charge in [0.1, 0.15) is 8.07 Å². The molecule has 0 radical (unpaired) electrons. The molecular formula is C18H24Br2N2Si. The third kappa shape index (κ3) is 3.83. The van der Waals surface area contributed by atoms with E-state index in [9.17, 15) is 0 Å². The molecule has 0 fully saturated rings. The summed E-state index contributed by atoms with van der Waals surface area (Å²) in [6, 6.07) is 13.3. The van der Waals surface area contributed by atoms with Crippen LogP contribution in [0.3, 0.4) is 0 Å². The van der Waals surface area contributed by atoms with Crippen LogP contribution in [-0.4, -0.2) is 36.3 Å². The Hall–Kier alpha value is -0.783. The highest BCUT2D eigenvalue weighted by Crippen LogP contribution is 2.24. The van der Waals surface area contributed by atoms with Gasteiger partial charge in [-0.1, -0.05) is 45.0 Å². The molecule has 0 atom stereocenters. The van der Waals surface area contributed by atoms with E-state index in [2.05, 4.69) is 119 Å². The van der Waals surface area contributed by atoms with Crippen LogP contribution in [0, 0.1) is 0 Å². The summed E-state index contributed by atoms with van der Waals surface area (Å²) >= 11 is 7.31. The SMILES string of the molecule is CN(C)c1ccc(Br)cc1[Si](C)(C)c1cc(Br)ccc1N(C)C. The standard InChI is InChI=1S/C18H24Br2N2Si/c1-21(2)15-9-7-13(19)11-17(15)23(5,6)18-12-14(20)8-10-16(18)22(3)4/h7-12H,1-6H3. The van der Waals surface area contributed by atoms with E-state index in [1.807, 2.05) is 0 Å². The molecule has 0 saturated carbocycles. The molecule has 0 heterocycles. The van der Waals surface area contributed by atoms with Gasteiger partial charge in [0.15, 0.2) is 0 Å². The molecule has 5 heteroatoms. The Bertz CT molecular complexity index is 653. The second kappa shape index (κ2) is 6.99. The maximum atomic E-state index is 3.66. The molecule has 0 spiro atoms. The largest absolute Gasteiger partial charge is 0.378 e. The molecule has 0 aromatic heterocycles. The third-order valence-electron chi connectivity index (χ3n) is 4.23. The van der Waals surface area contributed by atoms with Crippen LogP contribution in [0.15, 0.2) is 45.3 Å². The quantitative estimate of drug-likeness (QED) is 0.638. The first-order valence-corrected chi connectivity index (χ1v) is 12.2. The van der Waals surface area contributed by atoms with Gasteiger partial charge in [0, 0.05) is 48.5 Å². The summed E-state index contributed by atoms with van der Waals surface area (Å²) in [7, 11) is 6.59. The molecule has 2 rings (SSSR count). The maximum Gasteiger partial charge on any atom is 0.117 e. The van der Waals surface area contributed by atoms with Crippen LogP contribution >= 0.6 is 31.9 Å². The maximum absolute atomic E-state index is 3.66. The molecule has 0 unspecified atom stereocenters. The Kier molecular flexibility index (Phi) is 5.64. The minimum Gasteiger partial charge on any atom is -0.378 e. The molecule has 2 aromatic rings. The molecule has 124 valence electrons. The molecule has 2 nitrogen and oxygen atoms in total. The summed E-state index contributed by atoms with van der Waals surface area (Å²) in [5.74, 6) is 0. The van der Waals surface area contributed by atoms with E-state index in [1.165, 1.54) is 21.7 Å². The average molecular weight is 456 g/mol. The number of benzene rings is 2. The van der Waals surface area contributed by atoms with Gasteiger partial charge in [-0.2, -0.15) is 0 Å². The lowest BCUT2D eigenvalue weighted by molar-refractivity contribution is 1.13. The molecule has 0 aliphatic carbocycles. The van der Waals surface area contributed by atoms with Crippen molar-refractivity contribution >= 4 is 61.7 Å². The van der Waals surface area contributed by atoms with Gasteiger partial charge in [0.25, 0.3) is 0 Å². The summed E-state index contributed by atoms with van der Waals surface area (Å²) in [4.78, 5) is 4.42. The van der Waals surface area contributed by atoms with E-state index in [-0.39, 0.29) is 0 Å². The monoisotopic (exact) mass is 454 g/mol. The van der Waals surface area contributed by atoms with Crippen molar-refractivity contribution in [3.63, 3.8) is 0 Å². The van der Waals surface area contributed by atoms with Crippen LogP contribution in [-0.2, 0) is 0 Å². The minimum atomic E-state index is -1.88. The first-order valence-electron chi connectivity index (χ1n) is 7.59. The van der Waals surface area contributed by atoms with Crippen molar-refractivity contribution in [1.82, 2.24) is 0 Å². The second-order valence-electron chi connectivity index (χ2n) is 6.74. The molecule has 2 aromatic carbocycles. The predicted molar refractivity (Wildman–Crippen MR) is 114 cm³/mol. The van der Waals surface area contributed by atoms with Gasteiger partial charge in [-0.25, -0.2) is 0 Å². The number of rotatable bonds is 4. The van der Waals surface area contributed by atoms with Gasteiger partial charge in [-0.3, -0.25) is 0 Å². The fourth-order valence-electron chi connectivity index (χ4n) is 2.94. The minimum absolute atomic E-state index is 1.14. The van der Waals surface area contributed by atoms with E-state index in [4.69, 9.17) is 0 Å².